The zero-order chi connectivity index (χ0) is 14.7. The first kappa shape index (κ1) is 13.8. The Kier molecular flexibility index (Phi) is 4.01. The van der Waals surface area contributed by atoms with Gasteiger partial charge in [-0.1, -0.05) is 18.2 Å². The number of fused-ring (bicyclic) bond motifs is 1. The van der Waals surface area contributed by atoms with E-state index in [1.165, 1.54) is 0 Å². The molecule has 0 atom stereocenters. The van der Waals surface area contributed by atoms with Crippen LogP contribution in [0.5, 0.6) is 5.88 Å². The molecule has 0 amide bonds. The van der Waals surface area contributed by atoms with E-state index in [1.54, 1.807) is 19.5 Å². The molecule has 0 aliphatic heterocycles. The lowest BCUT2D eigenvalue weighted by molar-refractivity contribution is 0.393. The molecule has 0 spiro atoms. The van der Waals surface area contributed by atoms with E-state index < -0.39 is 0 Å². The van der Waals surface area contributed by atoms with Crippen molar-refractivity contribution >= 4 is 32.5 Å². The highest BCUT2D eigenvalue weighted by molar-refractivity contribution is 9.10. The molecule has 0 radical (unpaired) electrons. The Balaban J connectivity index is 1.88. The summed E-state index contributed by atoms with van der Waals surface area (Å²) in [7, 11) is 1.63. The predicted molar refractivity (Wildman–Crippen MR) is 87.6 cm³/mol. The summed E-state index contributed by atoms with van der Waals surface area (Å²) < 4.78 is 6.24. The highest BCUT2D eigenvalue weighted by atomic mass is 79.9. The molecule has 0 aliphatic carbocycles. The monoisotopic (exact) mass is 343 g/mol. The number of nitrogens with one attached hydrogen (secondary N) is 1. The van der Waals surface area contributed by atoms with Crippen LogP contribution >= 0.6 is 15.9 Å². The summed E-state index contributed by atoms with van der Waals surface area (Å²) in [6.45, 7) is 0.633. The molecule has 2 heterocycles. The van der Waals surface area contributed by atoms with Gasteiger partial charge < -0.3 is 10.1 Å². The van der Waals surface area contributed by atoms with E-state index in [0.717, 1.165) is 26.6 Å². The minimum atomic E-state index is 0.633. The lowest BCUT2D eigenvalue weighted by Gasteiger charge is -2.11. The molecule has 0 saturated carbocycles. The topological polar surface area (TPSA) is 47.0 Å². The van der Waals surface area contributed by atoms with Gasteiger partial charge in [-0.15, -0.1) is 0 Å². The van der Waals surface area contributed by atoms with Gasteiger partial charge in [-0.05, 0) is 34.1 Å². The van der Waals surface area contributed by atoms with Crippen LogP contribution in [0.1, 0.15) is 5.56 Å². The van der Waals surface area contributed by atoms with Gasteiger partial charge in [0.2, 0.25) is 5.88 Å². The second-order valence-corrected chi connectivity index (χ2v) is 5.47. The van der Waals surface area contributed by atoms with Gasteiger partial charge >= 0.3 is 0 Å². The van der Waals surface area contributed by atoms with Gasteiger partial charge in [0.15, 0.2) is 0 Å². The minimum Gasteiger partial charge on any atom is -0.481 e. The number of para-hydroxylation sites is 1. The van der Waals surface area contributed by atoms with Crippen LogP contribution in [-0.4, -0.2) is 17.1 Å². The smallest absolute Gasteiger partial charge is 0.218 e. The van der Waals surface area contributed by atoms with Crippen molar-refractivity contribution in [3.8, 4) is 5.88 Å². The number of hydrogen-bond acceptors (Lipinski definition) is 4. The van der Waals surface area contributed by atoms with Crippen molar-refractivity contribution in [3.05, 3.63) is 58.8 Å². The number of halogens is 1. The van der Waals surface area contributed by atoms with Crippen molar-refractivity contribution in [1.29, 1.82) is 0 Å². The van der Waals surface area contributed by atoms with Gasteiger partial charge in [-0.3, -0.25) is 4.98 Å². The van der Waals surface area contributed by atoms with Crippen molar-refractivity contribution in [2.75, 3.05) is 12.4 Å². The first-order valence-corrected chi connectivity index (χ1v) is 7.33. The summed E-state index contributed by atoms with van der Waals surface area (Å²) in [5, 5.41) is 4.49. The molecule has 1 N–H and O–H groups in total. The lowest BCUT2D eigenvalue weighted by Crippen LogP contribution is -2.03. The standard InChI is InChI=1S/C16H14BrN3O/c1-21-16-12(5-3-7-18-16)9-19-14-6-2-4-11-8-13(17)10-20-15(11)14/h2-8,10,19H,9H2,1H3. The Hall–Kier alpha value is -2.14. The van der Waals surface area contributed by atoms with Gasteiger partial charge in [0.1, 0.15) is 0 Å². The van der Waals surface area contributed by atoms with Crippen LogP contribution in [0.2, 0.25) is 0 Å². The average molecular weight is 344 g/mol. The molecule has 0 unspecified atom stereocenters. The molecule has 21 heavy (non-hydrogen) atoms. The van der Waals surface area contributed by atoms with E-state index in [0.29, 0.717) is 12.4 Å². The fourth-order valence-electron chi connectivity index (χ4n) is 2.21. The van der Waals surface area contributed by atoms with E-state index in [9.17, 15) is 0 Å². The molecular formula is C16H14BrN3O. The summed E-state index contributed by atoms with van der Waals surface area (Å²) in [5.41, 5.74) is 2.95. The van der Waals surface area contributed by atoms with Crippen LogP contribution < -0.4 is 10.1 Å². The maximum atomic E-state index is 5.26. The summed E-state index contributed by atoms with van der Waals surface area (Å²) in [4.78, 5) is 8.68. The summed E-state index contributed by atoms with van der Waals surface area (Å²) in [5.74, 6) is 0.640. The third kappa shape index (κ3) is 2.97. The van der Waals surface area contributed by atoms with E-state index in [1.807, 2.05) is 30.3 Å². The number of hydrogen-bond donors (Lipinski definition) is 1. The quantitative estimate of drug-likeness (QED) is 0.777. The highest BCUT2D eigenvalue weighted by Crippen LogP contribution is 2.25. The summed E-state index contributed by atoms with van der Waals surface area (Å²) in [6.07, 6.45) is 3.53. The Morgan fingerprint density at radius 1 is 1.19 bits per heavy atom. The molecule has 5 heteroatoms. The van der Waals surface area contributed by atoms with Gasteiger partial charge in [0.05, 0.1) is 18.3 Å². The maximum Gasteiger partial charge on any atom is 0.218 e. The average Bonchev–Trinajstić information content (AvgIpc) is 2.52. The molecule has 0 fully saturated rings. The molecule has 106 valence electrons. The number of anilines is 1. The van der Waals surface area contributed by atoms with Crippen molar-refractivity contribution in [3.63, 3.8) is 0 Å². The van der Waals surface area contributed by atoms with Crippen LogP contribution in [0.25, 0.3) is 10.9 Å². The largest absolute Gasteiger partial charge is 0.481 e. The van der Waals surface area contributed by atoms with E-state index in [-0.39, 0.29) is 0 Å². The molecule has 1 aromatic carbocycles. The van der Waals surface area contributed by atoms with Gasteiger partial charge in [0.25, 0.3) is 0 Å². The Labute approximate surface area is 131 Å². The number of nitrogens with zero attached hydrogens (tertiary/aromatic N) is 2. The third-order valence-corrected chi connectivity index (χ3v) is 3.62. The predicted octanol–water partition coefficient (Wildman–Crippen LogP) is 4.01. The minimum absolute atomic E-state index is 0.633. The van der Waals surface area contributed by atoms with Crippen LogP contribution in [0.15, 0.2) is 53.3 Å². The SMILES string of the molecule is COc1ncccc1CNc1cccc2cc(Br)cnc12. The van der Waals surface area contributed by atoms with Gasteiger partial charge in [0, 0.05) is 34.4 Å². The molecule has 0 bridgehead atoms. The van der Waals surface area contributed by atoms with Crippen LogP contribution in [0, 0.1) is 0 Å². The van der Waals surface area contributed by atoms with Crippen LogP contribution in [0.4, 0.5) is 5.69 Å². The normalized spacial score (nSPS) is 10.6. The maximum absolute atomic E-state index is 5.26. The van der Waals surface area contributed by atoms with E-state index >= 15 is 0 Å². The zero-order valence-corrected chi connectivity index (χ0v) is 13.1. The van der Waals surface area contributed by atoms with Crippen molar-refractivity contribution in [2.45, 2.75) is 6.54 Å². The van der Waals surface area contributed by atoms with Crippen LogP contribution in [0.3, 0.4) is 0 Å². The van der Waals surface area contributed by atoms with Crippen molar-refractivity contribution < 1.29 is 4.74 Å². The lowest BCUT2D eigenvalue weighted by atomic mass is 10.2. The van der Waals surface area contributed by atoms with Crippen molar-refractivity contribution in [1.82, 2.24) is 9.97 Å². The number of methoxy groups -OCH3 is 1. The number of pyridine rings is 2. The molecule has 0 saturated heterocycles. The third-order valence-electron chi connectivity index (χ3n) is 3.19. The molecule has 0 aliphatic rings. The van der Waals surface area contributed by atoms with Crippen LogP contribution in [-0.2, 0) is 6.54 Å². The highest BCUT2D eigenvalue weighted by Gasteiger charge is 2.06. The first-order chi connectivity index (χ1) is 10.3. The number of aromatic nitrogens is 2. The van der Waals surface area contributed by atoms with Gasteiger partial charge in [-0.25, -0.2) is 4.98 Å². The molecule has 4 nitrogen and oxygen atoms in total. The zero-order valence-electron chi connectivity index (χ0n) is 11.5. The molecule has 3 rings (SSSR count). The molecule has 3 aromatic rings. The number of benzene rings is 1. The second kappa shape index (κ2) is 6.10. The molecule has 2 aromatic heterocycles. The summed E-state index contributed by atoms with van der Waals surface area (Å²) >= 11 is 3.44. The first-order valence-electron chi connectivity index (χ1n) is 6.54. The summed E-state index contributed by atoms with van der Waals surface area (Å²) in [6, 6.07) is 12.0. The van der Waals surface area contributed by atoms with Crippen molar-refractivity contribution in [2.24, 2.45) is 0 Å². The van der Waals surface area contributed by atoms with E-state index in [4.69, 9.17) is 4.74 Å². The fraction of sp³-hybridized carbons (Fsp3) is 0.125. The number of ether oxygens (including phenoxy) is 1. The Morgan fingerprint density at radius 2 is 2.10 bits per heavy atom. The van der Waals surface area contributed by atoms with Gasteiger partial charge in [-0.2, -0.15) is 0 Å². The second-order valence-electron chi connectivity index (χ2n) is 4.56. The molecular weight excluding hydrogens is 330 g/mol. The van der Waals surface area contributed by atoms with E-state index in [2.05, 4.69) is 37.3 Å². The Bertz CT molecular complexity index is 776. The Morgan fingerprint density at radius 3 is 2.95 bits per heavy atom. The fourth-order valence-corrected chi connectivity index (χ4v) is 2.56. The number of rotatable bonds is 4.